The number of fused-ring (bicyclic) bond motifs is 1. The Hall–Kier alpha value is -1.39. The van der Waals surface area contributed by atoms with E-state index in [-0.39, 0.29) is 12.1 Å². The molecule has 0 amide bonds. The lowest BCUT2D eigenvalue weighted by molar-refractivity contribution is 0.216. The average molecular weight is 291 g/mol. The van der Waals surface area contributed by atoms with E-state index >= 15 is 0 Å². The molecule has 0 aromatic rings. The minimum Gasteiger partial charge on any atom is -0.335 e. The smallest absolute Gasteiger partial charge is 0.153 e. The van der Waals surface area contributed by atoms with Crippen LogP contribution in [0.3, 0.4) is 0 Å². The fourth-order valence-corrected chi connectivity index (χ4v) is 2.94. The van der Waals surface area contributed by atoms with Crippen LogP contribution in [0.15, 0.2) is 10.1 Å². The molecule has 2 unspecified atom stereocenters. The highest BCUT2D eigenvalue weighted by atomic mass is 15.5. The molecule has 0 radical (unpaired) electrons. The summed E-state index contributed by atoms with van der Waals surface area (Å²) in [5.74, 6) is 0.530. The number of hydrazone groups is 1. The second-order valence-corrected chi connectivity index (χ2v) is 6.03. The van der Waals surface area contributed by atoms with Crippen LogP contribution in [0, 0.1) is 11.3 Å². The van der Waals surface area contributed by atoms with Gasteiger partial charge in [-0.05, 0) is 6.42 Å². The average Bonchev–Trinajstić information content (AvgIpc) is 2.90. The first-order chi connectivity index (χ1) is 10.3. The number of unbranched alkanes of at least 4 members (excludes halogenated alkanes) is 8. The largest absolute Gasteiger partial charge is 0.335 e. The Bertz CT molecular complexity index is 377. The van der Waals surface area contributed by atoms with Gasteiger partial charge in [0, 0.05) is 12.8 Å². The van der Waals surface area contributed by atoms with Crippen molar-refractivity contribution < 1.29 is 0 Å². The highest BCUT2D eigenvalue weighted by Crippen LogP contribution is 2.21. The monoisotopic (exact) mass is 291 g/mol. The third-order valence-electron chi connectivity index (χ3n) is 4.27. The minimum absolute atomic E-state index is 0.0211. The van der Waals surface area contributed by atoms with E-state index in [0.29, 0.717) is 5.84 Å². The van der Waals surface area contributed by atoms with Crippen LogP contribution in [0.1, 0.15) is 64.7 Å². The normalized spacial score (nSPS) is 23.5. The molecule has 118 valence electrons. The summed E-state index contributed by atoms with van der Waals surface area (Å²) in [5, 5.41) is 17.1. The molecule has 2 heterocycles. The standard InChI is InChI=1S/C16H29N5/c1-2-3-4-5-6-7-8-9-10-11-21-16-14(12-20-21)15(17)18-13-19-16/h12-14,16H,2-11H2,1H3,(H2,17,18,19). The molecular formula is C16H29N5. The number of nitrogens with one attached hydrogen (secondary N) is 2. The van der Waals surface area contributed by atoms with Gasteiger partial charge in [-0.2, -0.15) is 5.10 Å². The Morgan fingerprint density at radius 1 is 1.10 bits per heavy atom. The van der Waals surface area contributed by atoms with Crippen LogP contribution in [0.5, 0.6) is 0 Å². The van der Waals surface area contributed by atoms with Crippen molar-refractivity contribution in [2.24, 2.45) is 16.0 Å². The third kappa shape index (κ3) is 4.83. The topological polar surface area (TPSA) is 63.8 Å². The van der Waals surface area contributed by atoms with Gasteiger partial charge >= 0.3 is 0 Å². The minimum atomic E-state index is 0.0211. The van der Waals surface area contributed by atoms with Gasteiger partial charge in [-0.1, -0.05) is 58.3 Å². The van der Waals surface area contributed by atoms with E-state index in [1.54, 1.807) is 6.34 Å². The number of hydrogen-bond donors (Lipinski definition) is 2. The summed E-state index contributed by atoms with van der Waals surface area (Å²) >= 11 is 0. The van der Waals surface area contributed by atoms with Gasteiger partial charge in [0.1, 0.15) is 5.84 Å². The molecule has 0 aromatic heterocycles. The van der Waals surface area contributed by atoms with Gasteiger partial charge in [0.25, 0.3) is 0 Å². The lowest BCUT2D eigenvalue weighted by Crippen LogP contribution is -2.44. The Kier molecular flexibility index (Phi) is 6.70. The molecule has 2 rings (SSSR count). The summed E-state index contributed by atoms with van der Waals surface area (Å²) in [7, 11) is 0. The lowest BCUT2D eigenvalue weighted by atomic mass is 10.1. The lowest BCUT2D eigenvalue weighted by Gasteiger charge is -2.27. The van der Waals surface area contributed by atoms with Crippen LogP contribution in [-0.2, 0) is 0 Å². The molecule has 0 bridgehead atoms. The predicted molar refractivity (Wildman–Crippen MR) is 89.1 cm³/mol. The summed E-state index contributed by atoms with van der Waals surface area (Å²) < 4.78 is 0. The highest BCUT2D eigenvalue weighted by molar-refractivity contribution is 6.03. The maximum atomic E-state index is 7.82. The number of amidine groups is 1. The van der Waals surface area contributed by atoms with Crippen molar-refractivity contribution in [3.8, 4) is 0 Å². The number of aliphatic imine (C=N–C) groups is 1. The second-order valence-electron chi connectivity index (χ2n) is 6.03. The zero-order chi connectivity index (χ0) is 14.9. The Balaban J connectivity index is 1.52. The van der Waals surface area contributed by atoms with Gasteiger partial charge in [-0.3, -0.25) is 10.4 Å². The predicted octanol–water partition coefficient (Wildman–Crippen LogP) is 3.37. The number of hydrogen-bond acceptors (Lipinski definition) is 4. The highest BCUT2D eigenvalue weighted by Gasteiger charge is 2.34. The molecule has 0 saturated heterocycles. The Morgan fingerprint density at radius 2 is 1.76 bits per heavy atom. The Morgan fingerprint density at radius 3 is 2.48 bits per heavy atom. The van der Waals surface area contributed by atoms with E-state index in [0.717, 1.165) is 6.54 Å². The van der Waals surface area contributed by atoms with E-state index in [2.05, 4.69) is 22.3 Å². The fraction of sp³-hybridized carbons (Fsp3) is 0.812. The molecule has 2 aliphatic rings. The van der Waals surface area contributed by atoms with Crippen LogP contribution >= 0.6 is 0 Å². The molecule has 2 aliphatic heterocycles. The first-order valence-electron chi connectivity index (χ1n) is 8.50. The van der Waals surface area contributed by atoms with E-state index in [4.69, 9.17) is 5.41 Å². The van der Waals surface area contributed by atoms with Crippen molar-refractivity contribution in [1.82, 2.24) is 10.3 Å². The summed E-state index contributed by atoms with van der Waals surface area (Å²) in [4.78, 5) is 4.40. The first kappa shape index (κ1) is 16.0. The van der Waals surface area contributed by atoms with Gasteiger partial charge < -0.3 is 5.32 Å². The Labute approximate surface area is 128 Å². The van der Waals surface area contributed by atoms with E-state index in [1.165, 1.54) is 57.8 Å². The van der Waals surface area contributed by atoms with Crippen LogP contribution in [-0.4, -0.2) is 36.1 Å². The van der Waals surface area contributed by atoms with Crippen LogP contribution in [0.2, 0.25) is 0 Å². The third-order valence-corrected chi connectivity index (χ3v) is 4.27. The van der Waals surface area contributed by atoms with E-state index < -0.39 is 0 Å². The van der Waals surface area contributed by atoms with Crippen molar-refractivity contribution >= 4 is 18.4 Å². The maximum Gasteiger partial charge on any atom is 0.153 e. The van der Waals surface area contributed by atoms with Crippen molar-refractivity contribution in [2.45, 2.75) is 70.9 Å². The quantitative estimate of drug-likeness (QED) is 0.606. The molecule has 0 fully saturated rings. The fourth-order valence-electron chi connectivity index (χ4n) is 2.94. The first-order valence-corrected chi connectivity index (χ1v) is 8.50. The maximum absolute atomic E-state index is 7.82. The van der Waals surface area contributed by atoms with Crippen molar-refractivity contribution in [2.75, 3.05) is 6.54 Å². The molecular weight excluding hydrogens is 262 g/mol. The molecule has 0 aliphatic carbocycles. The van der Waals surface area contributed by atoms with E-state index in [9.17, 15) is 0 Å². The van der Waals surface area contributed by atoms with Crippen molar-refractivity contribution in [3.05, 3.63) is 0 Å². The van der Waals surface area contributed by atoms with Crippen LogP contribution < -0.4 is 5.32 Å². The van der Waals surface area contributed by atoms with Crippen molar-refractivity contribution in [1.29, 1.82) is 5.41 Å². The van der Waals surface area contributed by atoms with Gasteiger partial charge in [0.2, 0.25) is 0 Å². The zero-order valence-electron chi connectivity index (χ0n) is 13.2. The summed E-state index contributed by atoms with van der Waals surface area (Å²) in [6, 6.07) is 0. The van der Waals surface area contributed by atoms with Crippen molar-refractivity contribution in [3.63, 3.8) is 0 Å². The van der Waals surface area contributed by atoms with Crippen LogP contribution in [0.25, 0.3) is 0 Å². The van der Waals surface area contributed by atoms with E-state index in [1.807, 2.05) is 11.2 Å². The SMILES string of the molecule is CCCCCCCCCCCN1N=CC2C(=N)NC=NC21. The summed E-state index contributed by atoms with van der Waals surface area (Å²) in [5.41, 5.74) is 0. The molecule has 0 spiro atoms. The molecule has 0 aromatic carbocycles. The summed E-state index contributed by atoms with van der Waals surface area (Å²) in [6.07, 6.45) is 15.6. The number of rotatable bonds is 10. The summed E-state index contributed by atoms with van der Waals surface area (Å²) in [6.45, 7) is 3.22. The zero-order valence-corrected chi connectivity index (χ0v) is 13.2. The second kappa shape index (κ2) is 8.80. The van der Waals surface area contributed by atoms with Gasteiger partial charge in [0.05, 0.1) is 12.3 Å². The number of nitrogens with zero attached hydrogens (tertiary/aromatic N) is 3. The molecule has 21 heavy (non-hydrogen) atoms. The van der Waals surface area contributed by atoms with Gasteiger partial charge in [-0.15, -0.1) is 0 Å². The molecule has 0 saturated carbocycles. The molecule has 2 atom stereocenters. The molecule has 2 N–H and O–H groups in total. The molecule has 5 heteroatoms. The van der Waals surface area contributed by atoms with Gasteiger partial charge in [0.15, 0.2) is 6.17 Å². The van der Waals surface area contributed by atoms with Gasteiger partial charge in [-0.25, -0.2) is 4.99 Å². The van der Waals surface area contributed by atoms with Crippen LogP contribution in [0.4, 0.5) is 0 Å². The molecule has 5 nitrogen and oxygen atoms in total.